The molecule has 0 fully saturated rings. The van der Waals surface area contributed by atoms with Crippen molar-refractivity contribution in [2.45, 2.75) is 39.7 Å². The van der Waals surface area contributed by atoms with Crippen molar-refractivity contribution in [3.63, 3.8) is 0 Å². The monoisotopic (exact) mass is 244 g/mol. The van der Waals surface area contributed by atoms with Crippen LogP contribution < -0.4 is 5.73 Å². The first kappa shape index (κ1) is 13.2. The molecule has 1 atom stereocenters. The Kier molecular flexibility index (Phi) is 4.43. The van der Waals surface area contributed by atoms with Gasteiger partial charge in [0.2, 0.25) is 0 Å². The third-order valence-electron chi connectivity index (χ3n) is 3.57. The van der Waals surface area contributed by atoms with Crippen LogP contribution in [0.15, 0.2) is 30.5 Å². The molecule has 1 aromatic heterocycles. The van der Waals surface area contributed by atoms with Gasteiger partial charge in [-0.25, -0.2) is 0 Å². The Bertz CT molecular complexity index is 499. The second-order valence-corrected chi connectivity index (χ2v) is 5.26. The van der Waals surface area contributed by atoms with E-state index in [-0.39, 0.29) is 0 Å². The summed E-state index contributed by atoms with van der Waals surface area (Å²) in [6, 6.07) is 8.66. The standard InChI is InChI=1S/C16H24N2/c1-3-6-13(2)11-18-12-14(9-10-17)15-7-4-5-8-16(15)18/h4-5,7-8,12-13H,3,6,9-11,17H2,1-2H3. The third kappa shape index (κ3) is 2.75. The van der Waals surface area contributed by atoms with Crippen molar-refractivity contribution in [2.75, 3.05) is 6.54 Å². The first-order valence-corrected chi connectivity index (χ1v) is 7.03. The lowest BCUT2D eigenvalue weighted by atomic mass is 10.1. The number of hydrogen-bond donors (Lipinski definition) is 1. The molecule has 1 unspecified atom stereocenters. The van der Waals surface area contributed by atoms with E-state index in [1.54, 1.807) is 0 Å². The van der Waals surface area contributed by atoms with Gasteiger partial charge in [-0.2, -0.15) is 0 Å². The Morgan fingerprint density at radius 2 is 2.06 bits per heavy atom. The lowest BCUT2D eigenvalue weighted by Gasteiger charge is -2.12. The number of aromatic nitrogens is 1. The van der Waals surface area contributed by atoms with E-state index in [4.69, 9.17) is 5.73 Å². The number of nitrogens with two attached hydrogens (primary N) is 1. The molecule has 2 aromatic rings. The van der Waals surface area contributed by atoms with Crippen LogP contribution in [0.1, 0.15) is 32.3 Å². The molecule has 2 N–H and O–H groups in total. The zero-order valence-corrected chi connectivity index (χ0v) is 11.5. The van der Waals surface area contributed by atoms with Gasteiger partial charge in [-0.1, -0.05) is 38.5 Å². The molecule has 98 valence electrons. The van der Waals surface area contributed by atoms with E-state index in [9.17, 15) is 0 Å². The van der Waals surface area contributed by atoms with Crippen molar-refractivity contribution < 1.29 is 0 Å². The number of hydrogen-bond acceptors (Lipinski definition) is 1. The summed E-state index contributed by atoms with van der Waals surface area (Å²) in [5.74, 6) is 0.733. The molecule has 0 aliphatic heterocycles. The predicted octanol–water partition coefficient (Wildman–Crippen LogP) is 3.58. The van der Waals surface area contributed by atoms with E-state index in [0.717, 1.165) is 25.4 Å². The van der Waals surface area contributed by atoms with E-state index < -0.39 is 0 Å². The number of benzene rings is 1. The molecule has 0 saturated carbocycles. The fourth-order valence-electron chi connectivity index (χ4n) is 2.75. The lowest BCUT2D eigenvalue weighted by molar-refractivity contribution is 0.453. The van der Waals surface area contributed by atoms with Gasteiger partial charge in [0.1, 0.15) is 0 Å². The summed E-state index contributed by atoms with van der Waals surface area (Å²) in [6.45, 7) is 6.42. The molecule has 0 spiro atoms. The van der Waals surface area contributed by atoms with Gasteiger partial charge in [0, 0.05) is 23.6 Å². The summed E-state index contributed by atoms with van der Waals surface area (Å²) in [6.07, 6.45) is 5.81. The van der Waals surface area contributed by atoms with Crippen LogP contribution in [0.4, 0.5) is 0 Å². The highest BCUT2D eigenvalue weighted by atomic mass is 15.0. The van der Waals surface area contributed by atoms with Gasteiger partial charge in [-0.15, -0.1) is 0 Å². The van der Waals surface area contributed by atoms with Crippen molar-refractivity contribution in [3.8, 4) is 0 Å². The quantitative estimate of drug-likeness (QED) is 0.827. The van der Waals surface area contributed by atoms with Crippen molar-refractivity contribution >= 4 is 10.9 Å². The molecule has 0 bridgehead atoms. The topological polar surface area (TPSA) is 30.9 Å². The Morgan fingerprint density at radius 3 is 2.78 bits per heavy atom. The van der Waals surface area contributed by atoms with Crippen LogP contribution in [0.2, 0.25) is 0 Å². The molecule has 0 amide bonds. The minimum Gasteiger partial charge on any atom is -0.347 e. The van der Waals surface area contributed by atoms with Crippen molar-refractivity contribution in [2.24, 2.45) is 11.7 Å². The molecule has 0 aliphatic carbocycles. The third-order valence-corrected chi connectivity index (χ3v) is 3.57. The van der Waals surface area contributed by atoms with Gasteiger partial charge in [0.25, 0.3) is 0 Å². The zero-order valence-electron chi connectivity index (χ0n) is 11.5. The summed E-state index contributed by atoms with van der Waals surface area (Å²) in [5, 5.41) is 1.37. The van der Waals surface area contributed by atoms with Crippen molar-refractivity contribution in [1.29, 1.82) is 0 Å². The van der Waals surface area contributed by atoms with Crippen LogP contribution in [0.5, 0.6) is 0 Å². The summed E-state index contributed by atoms with van der Waals surface area (Å²) in [4.78, 5) is 0. The molecule has 1 aromatic carbocycles. The molecule has 0 saturated heterocycles. The van der Waals surface area contributed by atoms with E-state index in [1.165, 1.54) is 29.3 Å². The summed E-state index contributed by atoms with van der Waals surface area (Å²) >= 11 is 0. The van der Waals surface area contributed by atoms with Gasteiger partial charge in [0.15, 0.2) is 0 Å². The number of rotatable bonds is 6. The summed E-state index contributed by atoms with van der Waals surface area (Å²) in [7, 11) is 0. The van der Waals surface area contributed by atoms with E-state index in [1.807, 2.05) is 0 Å². The molecule has 2 rings (SSSR count). The minimum absolute atomic E-state index is 0.721. The second kappa shape index (κ2) is 6.05. The molecule has 0 radical (unpaired) electrons. The van der Waals surface area contributed by atoms with E-state index >= 15 is 0 Å². The number of fused-ring (bicyclic) bond motifs is 1. The largest absolute Gasteiger partial charge is 0.347 e. The van der Waals surface area contributed by atoms with Crippen LogP contribution in [-0.4, -0.2) is 11.1 Å². The highest BCUT2D eigenvalue weighted by Gasteiger charge is 2.09. The highest BCUT2D eigenvalue weighted by Crippen LogP contribution is 2.23. The summed E-state index contributed by atoms with van der Waals surface area (Å²) < 4.78 is 2.40. The molecular weight excluding hydrogens is 220 g/mol. The second-order valence-electron chi connectivity index (χ2n) is 5.26. The van der Waals surface area contributed by atoms with Crippen LogP contribution in [0, 0.1) is 5.92 Å². The molecular formula is C16H24N2. The highest BCUT2D eigenvalue weighted by molar-refractivity contribution is 5.84. The predicted molar refractivity (Wildman–Crippen MR) is 78.8 cm³/mol. The molecule has 18 heavy (non-hydrogen) atoms. The number of para-hydroxylation sites is 1. The Balaban J connectivity index is 2.32. The maximum atomic E-state index is 5.70. The number of nitrogens with zero attached hydrogens (tertiary/aromatic N) is 1. The first-order chi connectivity index (χ1) is 8.76. The SMILES string of the molecule is CCCC(C)Cn1cc(CCN)c2ccccc21. The fraction of sp³-hybridized carbons (Fsp3) is 0.500. The maximum absolute atomic E-state index is 5.70. The first-order valence-electron chi connectivity index (χ1n) is 7.03. The van der Waals surface area contributed by atoms with Gasteiger partial charge < -0.3 is 10.3 Å². The van der Waals surface area contributed by atoms with E-state index in [0.29, 0.717) is 0 Å². The van der Waals surface area contributed by atoms with Crippen LogP contribution in [0.25, 0.3) is 10.9 Å². The van der Waals surface area contributed by atoms with Crippen molar-refractivity contribution in [3.05, 3.63) is 36.0 Å². The van der Waals surface area contributed by atoms with Gasteiger partial charge >= 0.3 is 0 Å². The van der Waals surface area contributed by atoms with E-state index in [2.05, 4.69) is 48.9 Å². The van der Waals surface area contributed by atoms with Gasteiger partial charge in [-0.3, -0.25) is 0 Å². The summed E-state index contributed by atoms with van der Waals surface area (Å²) in [5.41, 5.74) is 8.44. The van der Waals surface area contributed by atoms with Crippen LogP contribution in [0.3, 0.4) is 0 Å². The zero-order chi connectivity index (χ0) is 13.0. The normalized spacial score (nSPS) is 13.1. The van der Waals surface area contributed by atoms with Gasteiger partial charge in [-0.05, 0) is 36.9 Å². The molecule has 2 nitrogen and oxygen atoms in total. The fourth-order valence-corrected chi connectivity index (χ4v) is 2.75. The smallest absolute Gasteiger partial charge is 0.0483 e. The van der Waals surface area contributed by atoms with Crippen molar-refractivity contribution in [1.82, 2.24) is 4.57 Å². The van der Waals surface area contributed by atoms with Gasteiger partial charge in [0.05, 0.1) is 0 Å². The van der Waals surface area contributed by atoms with Crippen LogP contribution in [-0.2, 0) is 13.0 Å². The molecule has 2 heteroatoms. The lowest BCUT2D eigenvalue weighted by Crippen LogP contribution is -2.06. The Morgan fingerprint density at radius 1 is 1.28 bits per heavy atom. The average molecular weight is 244 g/mol. The average Bonchev–Trinajstić information content (AvgIpc) is 2.69. The molecule has 1 heterocycles. The Hall–Kier alpha value is -1.28. The Labute approximate surface area is 110 Å². The molecule has 0 aliphatic rings. The minimum atomic E-state index is 0.721. The van der Waals surface area contributed by atoms with Crippen LogP contribution >= 0.6 is 0 Å². The maximum Gasteiger partial charge on any atom is 0.0483 e.